The van der Waals surface area contributed by atoms with Crippen LogP contribution < -0.4 is 10.2 Å². The molecule has 0 radical (unpaired) electrons. The molecule has 2 aromatic rings. The first-order valence-electron chi connectivity index (χ1n) is 8.10. The van der Waals surface area contributed by atoms with Gasteiger partial charge in [-0.25, -0.2) is 4.98 Å². The van der Waals surface area contributed by atoms with Crippen LogP contribution in [0.15, 0.2) is 48.7 Å². The van der Waals surface area contributed by atoms with E-state index in [9.17, 15) is 4.79 Å². The van der Waals surface area contributed by atoms with Crippen LogP contribution in [-0.2, 0) is 4.79 Å². The molecule has 0 aliphatic carbocycles. The molecule has 2 heterocycles. The van der Waals surface area contributed by atoms with Gasteiger partial charge in [-0.3, -0.25) is 9.69 Å². The molecule has 1 aliphatic heterocycles. The van der Waals surface area contributed by atoms with Gasteiger partial charge in [0.25, 0.3) is 0 Å². The smallest absolute Gasteiger partial charge is 0.241 e. The number of nitrogens with one attached hydrogen (secondary N) is 1. The SMILES string of the molecule is C[C@H](C(=O)Nc1cccc(Cl)c1)N1CCN(c2ccccn2)CC1. The van der Waals surface area contributed by atoms with E-state index in [2.05, 4.69) is 20.1 Å². The van der Waals surface area contributed by atoms with Crippen molar-refractivity contribution in [2.24, 2.45) is 0 Å². The molecule has 5 nitrogen and oxygen atoms in total. The average Bonchev–Trinajstić information content (AvgIpc) is 2.62. The van der Waals surface area contributed by atoms with E-state index in [1.54, 1.807) is 12.1 Å². The van der Waals surface area contributed by atoms with Gasteiger partial charge in [0.05, 0.1) is 6.04 Å². The van der Waals surface area contributed by atoms with Crippen molar-refractivity contribution in [3.8, 4) is 0 Å². The van der Waals surface area contributed by atoms with Crippen molar-refractivity contribution in [3.63, 3.8) is 0 Å². The van der Waals surface area contributed by atoms with Crippen molar-refractivity contribution >= 4 is 29.0 Å². The summed E-state index contributed by atoms with van der Waals surface area (Å²) in [4.78, 5) is 21.3. The lowest BCUT2D eigenvalue weighted by Crippen LogP contribution is -2.53. The predicted molar refractivity (Wildman–Crippen MR) is 97.6 cm³/mol. The average molecular weight is 345 g/mol. The molecule has 24 heavy (non-hydrogen) atoms. The number of benzene rings is 1. The maximum absolute atomic E-state index is 12.5. The number of pyridine rings is 1. The van der Waals surface area contributed by atoms with Crippen LogP contribution in [0.1, 0.15) is 6.92 Å². The Bertz CT molecular complexity index is 686. The highest BCUT2D eigenvalue weighted by molar-refractivity contribution is 6.30. The number of piperazine rings is 1. The molecule has 1 amide bonds. The third-order valence-electron chi connectivity index (χ3n) is 4.31. The van der Waals surface area contributed by atoms with Gasteiger partial charge in [-0.05, 0) is 37.3 Å². The summed E-state index contributed by atoms with van der Waals surface area (Å²) in [6.45, 7) is 5.34. The summed E-state index contributed by atoms with van der Waals surface area (Å²) >= 11 is 5.96. The largest absolute Gasteiger partial charge is 0.354 e. The minimum atomic E-state index is -0.185. The van der Waals surface area contributed by atoms with Crippen LogP contribution in [0.4, 0.5) is 11.5 Å². The van der Waals surface area contributed by atoms with E-state index >= 15 is 0 Å². The number of carbonyl (C=O) groups is 1. The number of carbonyl (C=O) groups excluding carboxylic acids is 1. The van der Waals surface area contributed by atoms with Crippen molar-refractivity contribution in [3.05, 3.63) is 53.7 Å². The molecule has 3 rings (SSSR count). The third-order valence-corrected chi connectivity index (χ3v) is 4.54. The normalized spacial score (nSPS) is 16.7. The third kappa shape index (κ3) is 4.04. The molecule has 0 saturated carbocycles. The van der Waals surface area contributed by atoms with Crippen LogP contribution in [0.3, 0.4) is 0 Å². The fourth-order valence-corrected chi connectivity index (χ4v) is 3.05. The first kappa shape index (κ1) is 16.7. The van der Waals surface area contributed by atoms with E-state index in [1.165, 1.54) is 0 Å². The monoisotopic (exact) mass is 344 g/mol. The first-order chi connectivity index (χ1) is 11.6. The van der Waals surface area contributed by atoms with Gasteiger partial charge in [-0.15, -0.1) is 0 Å². The number of rotatable bonds is 4. The second-order valence-electron chi connectivity index (χ2n) is 5.89. The second kappa shape index (κ2) is 7.64. The van der Waals surface area contributed by atoms with E-state index in [4.69, 9.17) is 11.6 Å². The molecule has 126 valence electrons. The Labute approximate surface area is 147 Å². The molecular formula is C18H21ClN4O. The number of nitrogens with zero attached hydrogens (tertiary/aromatic N) is 3. The van der Waals surface area contributed by atoms with Crippen LogP contribution in [0, 0.1) is 0 Å². The van der Waals surface area contributed by atoms with Crippen molar-refractivity contribution in [1.82, 2.24) is 9.88 Å². The van der Waals surface area contributed by atoms with E-state index in [0.717, 1.165) is 37.7 Å². The van der Waals surface area contributed by atoms with Crippen LogP contribution >= 0.6 is 11.6 Å². The van der Waals surface area contributed by atoms with E-state index in [-0.39, 0.29) is 11.9 Å². The summed E-state index contributed by atoms with van der Waals surface area (Å²) in [5.41, 5.74) is 0.728. The van der Waals surface area contributed by atoms with Crippen molar-refractivity contribution in [2.75, 3.05) is 36.4 Å². The standard InChI is InChI=1S/C18H21ClN4O/c1-14(18(24)21-16-6-4-5-15(19)13-16)22-9-11-23(12-10-22)17-7-2-3-8-20-17/h2-8,13-14H,9-12H2,1H3,(H,21,24)/t14-/m1/s1. The molecule has 1 aliphatic rings. The summed E-state index contributed by atoms with van der Waals surface area (Å²) in [5.74, 6) is 0.983. The van der Waals surface area contributed by atoms with Crippen LogP contribution in [0.25, 0.3) is 0 Å². The van der Waals surface area contributed by atoms with E-state index in [0.29, 0.717) is 5.02 Å². The number of hydrogen-bond acceptors (Lipinski definition) is 4. The zero-order chi connectivity index (χ0) is 16.9. The van der Waals surface area contributed by atoms with Crippen molar-refractivity contribution in [1.29, 1.82) is 0 Å². The molecule has 0 spiro atoms. The zero-order valence-corrected chi connectivity index (χ0v) is 14.4. The number of aromatic nitrogens is 1. The zero-order valence-electron chi connectivity index (χ0n) is 13.7. The Morgan fingerprint density at radius 2 is 1.96 bits per heavy atom. The van der Waals surface area contributed by atoms with Gasteiger partial charge in [0.15, 0.2) is 0 Å². The van der Waals surface area contributed by atoms with Crippen molar-refractivity contribution < 1.29 is 4.79 Å². The molecule has 0 bridgehead atoms. The molecule has 1 aromatic heterocycles. The lowest BCUT2D eigenvalue weighted by molar-refractivity contribution is -0.120. The maximum atomic E-state index is 12.5. The maximum Gasteiger partial charge on any atom is 0.241 e. The molecule has 1 N–H and O–H groups in total. The fourth-order valence-electron chi connectivity index (χ4n) is 2.86. The van der Waals surface area contributed by atoms with Gasteiger partial charge < -0.3 is 10.2 Å². The van der Waals surface area contributed by atoms with E-state index in [1.807, 2.05) is 43.5 Å². The van der Waals surface area contributed by atoms with Gasteiger partial charge >= 0.3 is 0 Å². The lowest BCUT2D eigenvalue weighted by Gasteiger charge is -2.37. The molecule has 1 aromatic carbocycles. The number of hydrogen-bond donors (Lipinski definition) is 1. The van der Waals surface area contributed by atoms with Gasteiger partial charge in [0.1, 0.15) is 5.82 Å². The molecule has 1 saturated heterocycles. The summed E-state index contributed by atoms with van der Waals surface area (Å²) in [6.07, 6.45) is 1.81. The van der Waals surface area contributed by atoms with Crippen LogP contribution in [0.5, 0.6) is 0 Å². The van der Waals surface area contributed by atoms with Gasteiger partial charge in [0.2, 0.25) is 5.91 Å². The summed E-state index contributed by atoms with van der Waals surface area (Å²) in [7, 11) is 0. The Balaban J connectivity index is 1.55. The van der Waals surface area contributed by atoms with E-state index < -0.39 is 0 Å². The Morgan fingerprint density at radius 1 is 1.17 bits per heavy atom. The Morgan fingerprint density at radius 3 is 2.62 bits per heavy atom. The molecule has 6 heteroatoms. The topological polar surface area (TPSA) is 48.5 Å². The highest BCUT2D eigenvalue weighted by Crippen LogP contribution is 2.17. The summed E-state index contributed by atoms with van der Waals surface area (Å²) in [5, 5.41) is 3.55. The first-order valence-corrected chi connectivity index (χ1v) is 8.48. The lowest BCUT2D eigenvalue weighted by atomic mass is 10.2. The quantitative estimate of drug-likeness (QED) is 0.926. The summed E-state index contributed by atoms with van der Waals surface area (Å²) < 4.78 is 0. The Kier molecular flexibility index (Phi) is 5.33. The van der Waals surface area contributed by atoms with Gasteiger partial charge in [0, 0.05) is 43.1 Å². The number of halogens is 1. The minimum Gasteiger partial charge on any atom is -0.354 e. The van der Waals surface area contributed by atoms with Gasteiger partial charge in [-0.2, -0.15) is 0 Å². The highest BCUT2D eigenvalue weighted by atomic mass is 35.5. The summed E-state index contributed by atoms with van der Waals surface area (Å²) in [6, 6.07) is 13.0. The van der Waals surface area contributed by atoms with Crippen LogP contribution in [-0.4, -0.2) is 48.0 Å². The van der Waals surface area contributed by atoms with Crippen LogP contribution in [0.2, 0.25) is 5.02 Å². The highest BCUT2D eigenvalue weighted by Gasteiger charge is 2.26. The molecule has 1 fully saturated rings. The fraction of sp³-hybridized carbons (Fsp3) is 0.333. The Hall–Kier alpha value is -2.11. The van der Waals surface area contributed by atoms with Gasteiger partial charge in [-0.1, -0.05) is 23.7 Å². The molecular weight excluding hydrogens is 324 g/mol. The predicted octanol–water partition coefficient (Wildman–Crippen LogP) is 2.88. The number of amides is 1. The molecule has 1 atom stereocenters. The minimum absolute atomic E-state index is 0.0106. The molecule has 0 unspecified atom stereocenters. The number of anilines is 2. The van der Waals surface area contributed by atoms with Crippen molar-refractivity contribution in [2.45, 2.75) is 13.0 Å². The second-order valence-corrected chi connectivity index (χ2v) is 6.32.